The Morgan fingerprint density at radius 2 is 2.08 bits per heavy atom. The van der Waals surface area contributed by atoms with E-state index in [1.807, 2.05) is 0 Å². The number of fused-ring (bicyclic) bond motifs is 1. The van der Waals surface area contributed by atoms with Crippen molar-refractivity contribution in [2.75, 3.05) is 45.4 Å². The Bertz CT molecular complexity index is 569. The Morgan fingerprint density at radius 1 is 1.25 bits per heavy atom. The van der Waals surface area contributed by atoms with Crippen molar-refractivity contribution in [3.63, 3.8) is 0 Å². The van der Waals surface area contributed by atoms with E-state index in [4.69, 9.17) is 9.47 Å². The topological polar surface area (TPSA) is 67.8 Å². The average Bonchev–Trinajstić information content (AvgIpc) is 2.63. The van der Waals surface area contributed by atoms with Crippen LogP contribution in [0.2, 0.25) is 0 Å². The monoisotopic (exact) mass is 334 g/mol. The van der Waals surface area contributed by atoms with Crippen LogP contribution in [-0.4, -0.2) is 67.3 Å². The summed E-state index contributed by atoms with van der Waals surface area (Å²) < 4.78 is 10.5. The first-order valence-corrected chi connectivity index (χ1v) is 8.63. The van der Waals surface area contributed by atoms with Crippen LogP contribution in [0.1, 0.15) is 25.7 Å². The number of methoxy groups -OCH3 is 2. The summed E-state index contributed by atoms with van der Waals surface area (Å²) in [4.78, 5) is 25.3. The lowest BCUT2D eigenvalue weighted by atomic mass is 9.83. The average molecular weight is 334 g/mol. The predicted molar refractivity (Wildman–Crippen MR) is 90.1 cm³/mol. The second-order valence-corrected chi connectivity index (χ2v) is 6.42. The van der Waals surface area contributed by atoms with Crippen LogP contribution in [0, 0.1) is 5.92 Å². The number of aromatic nitrogens is 2. The zero-order valence-electron chi connectivity index (χ0n) is 14.5. The van der Waals surface area contributed by atoms with Gasteiger partial charge in [0.25, 0.3) is 5.88 Å². The van der Waals surface area contributed by atoms with E-state index in [1.165, 1.54) is 0 Å². The van der Waals surface area contributed by atoms with E-state index < -0.39 is 0 Å². The maximum absolute atomic E-state index is 12.3. The van der Waals surface area contributed by atoms with Crippen molar-refractivity contribution in [3.05, 3.63) is 12.4 Å². The van der Waals surface area contributed by atoms with Gasteiger partial charge in [-0.3, -0.25) is 4.79 Å². The normalized spacial score (nSPS) is 24.0. The molecule has 2 aliphatic heterocycles. The number of anilines is 1. The molecule has 7 heteroatoms. The summed E-state index contributed by atoms with van der Waals surface area (Å²) in [5.74, 6) is 2.14. The molecule has 3 heterocycles. The zero-order chi connectivity index (χ0) is 16.9. The Hall–Kier alpha value is -1.89. The standard InChI is InChI=1S/C17H26N4O3/c1-23-11-3-9-21-14-6-10-20(12-13(14)4-5-15(21)22)16-17(24-2)19-8-7-18-16/h7-8,13-14H,3-6,9-12H2,1-2H3/t13-,14+/m0/s1. The molecule has 7 nitrogen and oxygen atoms in total. The highest BCUT2D eigenvalue weighted by Gasteiger charge is 2.39. The van der Waals surface area contributed by atoms with Crippen LogP contribution in [0.25, 0.3) is 0 Å². The van der Waals surface area contributed by atoms with Crippen LogP contribution in [0.3, 0.4) is 0 Å². The summed E-state index contributed by atoms with van der Waals surface area (Å²) in [7, 11) is 3.32. The first kappa shape index (κ1) is 17.0. The molecule has 0 aromatic carbocycles. The molecule has 132 valence electrons. The van der Waals surface area contributed by atoms with Crippen molar-refractivity contribution in [1.29, 1.82) is 0 Å². The maximum atomic E-state index is 12.3. The minimum Gasteiger partial charge on any atom is -0.478 e. The Labute approximate surface area is 143 Å². The maximum Gasteiger partial charge on any atom is 0.257 e. The number of amides is 1. The van der Waals surface area contributed by atoms with Gasteiger partial charge in [-0.15, -0.1) is 0 Å². The third-order valence-corrected chi connectivity index (χ3v) is 5.03. The van der Waals surface area contributed by atoms with Gasteiger partial charge in [-0.05, 0) is 25.2 Å². The molecule has 2 atom stereocenters. The van der Waals surface area contributed by atoms with Crippen molar-refractivity contribution < 1.29 is 14.3 Å². The smallest absolute Gasteiger partial charge is 0.257 e. The SMILES string of the molecule is COCCCN1C(=O)CC[C@H]2CN(c3nccnc3OC)CC[C@H]21. The second kappa shape index (κ2) is 7.79. The number of hydrogen-bond acceptors (Lipinski definition) is 6. The molecule has 24 heavy (non-hydrogen) atoms. The fourth-order valence-electron chi connectivity index (χ4n) is 3.89. The summed E-state index contributed by atoms with van der Waals surface area (Å²) in [6.45, 7) is 3.25. The van der Waals surface area contributed by atoms with Gasteiger partial charge < -0.3 is 19.3 Å². The van der Waals surface area contributed by atoms with Gasteiger partial charge in [0.15, 0.2) is 5.82 Å². The van der Waals surface area contributed by atoms with E-state index in [-0.39, 0.29) is 5.91 Å². The molecule has 2 saturated heterocycles. The van der Waals surface area contributed by atoms with Crippen molar-refractivity contribution in [2.24, 2.45) is 5.92 Å². The summed E-state index contributed by atoms with van der Waals surface area (Å²) in [5.41, 5.74) is 0. The van der Waals surface area contributed by atoms with E-state index in [0.29, 0.717) is 30.9 Å². The molecular weight excluding hydrogens is 308 g/mol. The molecule has 0 N–H and O–H groups in total. The number of nitrogens with zero attached hydrogens (tertiary/aromatic N) is 4. The van der Waals surface area contributed by atoms with Gasteiger partial charge in [-0.2, -0.15) is 0 Å². The number of carbonyl (C=O) groups is 1. The van der Waals surface area contributed by atoms with E-state index >= 15 is 0 Å². The molecule has 0 aliphatic carbocycles. The lowest BCUT2D eigenvalue weighted by Crippen LogP contribution is -2.56. The lowest BCUT2D eigenvalue weighted by Gasteiger charge is -2.47. The first-order chi connectivity index (χ1) is 11.7. The Morgan fingerprint density at radius 3 is 2.88 bits per heavy atom. The van der Waals surface area contributed by atoms with Gasteiger partial charge in [-0.25, -0.2) is 9.97 Å². The summed E-state index contributed by atoms with van der Waals surface area (Å²) in [6.07, 6.45) is 6.79. The van der Waals surface area contributed by atoms with Crippen LogP contribution >= 0.6 is 0 Å². The zero-order valence-corrected chi connectivity index (χ0v) is 14.5. The minimum absolute atomic E-state index is 0.290. The molecule has 1 aromatic rings. The predicted octanol–water partition coefficient (Wildman–Crippen LogP) is 1.34. The van der Waals surface area contributed by atoms with Crippen LogP contribution in [0.15, 0.2) is 12.4 Å². The Balaban J connectivity index is 1.69. The van der Waals surface area contributed by atoms with Crippen molar-refractivity contribution in [1.82, 2.24) is 14.9 Å². The van der Waals surface area contributed by atoms with E-state index in [0.717, 1.165) is 44.7 Å². The van der Waals surface area contributed by atoms with Gasteiger partial charge in [0.1, 0.15) is 0 Å². The van der Waals surface area contributed by atoms with Crippen LogP contribution in [0.5, 0.6) is 5.88 Å². The second-order valence-electron chi connectivity index (χ2n) is 6.42. The molecule has 0 bridgehead atoms. The molecule has 2 aliphatic rings. The number of piperidine rings is 2. The van der Waals surface area contributed by atoms with E-state index in [2.05, 4.69) is 19.8 Å². The third-order valence-electron chi connectivity index (χ3n) is 5.03. The Kier molecular flexibility index (Phi) is 5.50. The highest BCUT2D eigenvalue weighted by atomic mass is 16.5. The summed E-state index contributed by atoms with van der Waals surface area (Å²) in [6, 6.07) is 0.335. The van der Waals surface area contributed by atoms with Crippen LogP contribution < -0.4 is 9.64 Å². The quantitative estimate of drug-likeness (QED) is 0.731. The number of ether oxygens (including phenoxy) is 2. The fourth-order valence-corrected chi connectivity index (χ4v) is 3.89. The molecule has 0 spiro atoms. The number of hydrogen-bond donors (Lipinski definition) is 0. The fraction of sp³-hybridized carbons (Fsp3) is 0.706. The lowest BCUT2D eigenvalue weighted by molar-refractivity contribution is -0.139. The third kappa shape index (κ3) is 3.45. The number of carbonyl (C=O) groups excluding carboxylic acids is 1. The molecule has 1 aromatic heterocycles. The van der Waals surface area contributed by atoms with Gasteiger partial charge in [0.2, 0.25) is 5.91 Å². The molecule has 2 fully saturated rings. The molecule has 3 rings (SSSR count). The largest absolute Gasteiger partial charge is 0.478 e. The van der Waals surface area contributed by atoms with Crippen LogP contribution in [0.4, 0.5) is 5.82 Å². The highest BCUT2D eigenvalue weighted by Crippen LogP contribution is 2.34. The highest BCUT2D eigenvalue weighted by molar-refractivity contribution is 5.77. The number of likely N-dealkylation sites (tertiary alicyclic amines) is 1. The van der Waals surface area contributed by atoms with Gasteiger partial charge in [0, 0.05) is 58.2 Å². The van der Waals surface area contributed by atoms with Crippen LogP contribution in [-0.2, 0) is 9.53 Å². The minimum atomic E-state index is 0.290. The van der Waals surface area contributed by atoms with Gasteiger partial charge in [-0.1, -0.05) is 0 Å². The first-order valence-electron chi connectivity index (χ1n) is 8.63. The molecule has 1 amide bonds. The molecule has 0 saturated carbocycles. The molecular formula is C17H26N4O3. The van der Waals surface area contributed by atoms with E-state index in [1.54, 1.807) is 26.6 Å². The van der Waals surface area contributed by atoms with Gasteiger partial charge >= 0.3 is 0 Å². The summed E-state index contributed by atoms with van der Waals surface area (Å²) >= 11 is 0. The van der Waals surface area contributed by atoms with Gasteiger partial charge in [0.05, 0.1) is 7.11 Å². The van der Waals surface area contributed by atoms with Crippen molar-refractivity contribution in [3.8, 4) is 5.88 Å². The summed E-state index contributed by atoms with van der Waals surface area (Å²) in [5, 5.41) is 0. The van der Waals surface area contributed by atoms with Crippen molar-refractivity contribution in [2.45, 2.75) is 31.7 Å². The number of rotatable bonds is 6. The van der Waals surface area contributed by atoms with Crippen molar-refractivity contribution >= 4 is 11.7 Å². The molecule has 0 radical (unpaired) electrons. The molecule has 0 unspecified atom stereocenters. The van der Waals surface area contributed by atoms with E-state index in [9.17, 15) is 4.79 Å².